The van der Waals surface area contributed by atoms with Gasteiger partial charge in [0.2, 0.25) is 0 Å². The molecule has 1 N–H and O–H groups in total. The Morgan fingerprint density at radius 2 is 1.68 bits per heavy atom. The highest BCUT2D eigenvalue weighted by Gasteiger charge is 2.18. The monoisotopic (exact) mass is 263 g/mol. The molecular weight excluding hydrogens is 234 g/mol. The van der Waals surface area contributed by atoms with Crippen LogP contribution in [0.4, 0.5) is 0 Å². The molecule has 0 spiro atoms. The quantitative estimate of drug-likeness (QED) is 0.779. The molecule has 0 atom stereocenters. The zero-order valence-corrected chi connectivity index (χ0v) is 13.3. The zero-order valence-electron chi connectivity index (χ0n) is 13.3. The van der Waals surface area contributed by atoms with Gasteiger partial charge in [0, 0.05) is 12.1 Å². The normalized spacial score (nSPS) is 12.5. The third-order valence-corrected chi connectivity index (χ3v) is 3.54. The highest BCUT2D eigenvalue weighted by Crippen LogP contribution is 2.30. The summed E-state index contributed by atoms with van der Waals surface area (Å²) in [6, 6.07) is 8.32. The highest BCUT2D eigenvalue weighted by molar-refractivity contribution is 5.38. The first kappa shape index (κ1) is 16.0. The number of rotatable bonds is 6. The molecule has 0 aliphatic heterocycles. The number of nitrogens with one attached hydrogen (secondary N) is 1. The van der Waals surface area contributed by atoms with E-state index in [2.05, 4.69) is 65.1 Å². The number of hydrogen-bond donors (Lipinski definition) is 1. The molecule has 1 aromatic carbocycles. The van der Waals surface area contributed by atoms with E-state index in [4.69, 9.17) is 4.74 Å². The van der Waals surface area contributed by atoms with E-state index in [9.17, 15) is 0 Å². The third-order valence-electron chi connectivity index (χ3n) is 3.54. The average Bonchev–Trinajstić information content (AvgIpc) is 2.34. The third kappa shape index (κ3) is 5.23. The molecule has 0 aromatic heterocycles. The molecule has 19 heavy (non-hydrogen) atoms. The molecule has 1 rings (SSSR count). The molecule has 2 nitrogen and oxygen atoms in total. The Bertz CT molecular complexity index is 390. The molecule has 0 fully saturated rings. The predicted molar refractivity (Wildman–Crippen MR) is 83.0 cm³/mol. The summed E-state index contributed by atoms with van der Waals surface area (Å²) >= 11 is 0. The van der Waals surface area contributed by atoms with Crippen molar-refractivity contribution in [2.75, 3.05) is 13.2 Å². The Kier molecular flexibility index (Phi) is 5.42. The summed E-state index contributed by atoms with van der Waals surface area (Å²) in [5.41, 5.74) is 1.57. The molecule has 0 saturated heterocycles. The van der Waals surface area contributed by atoms with Crippen molar-refractivity contribution in [2.24, 2.45) is 0 Å². The number of para-hydroxylation sites is 1. The number of benzene rings is 1. The molecule has 1 aromatic rings. The lowest BCUT2D eigenvalue weighted by atomic mass is 9.86. The van der Waals surface area contributed by atoms with Crippen molar-refractivity contribution in [3.63, 3.8) is 0 Å². The van der Waals surface area contributed by atoms with E-state index >= 15 is 0 Å². The molecule has 108 valence electrons. The molecule has 0 aliphatic rings. The summed E-state index contributed by atoms with van der Waals surface area (Å²) in [6.07, 6.45) is 1.12. The lowest BCUT2D eigenvalue weighted by Gasteiger charge is -2.26. The molecule has 0 radical (unpaired) electrons. The van der Waals surface area contributed by atoms with Gasteiger partial charge in [0.05, 0.1) is 0 Å². The fourth-order valence-corrected chi connectivity index (χ4v) is 1.89. The van der Waals surface area contributed by atoms with Crippen LogP contribution in [0.3, 0.4) is 0 Å². The summed E-state index contributed by atoms with van der Waals surface area (Å²) in [6.45, 7) is 14.9. The van der Waals surface area contributed by atoms with E-state index in [-0.39, 0.29) is 11.0 Å². The van der Waals surface area contributed by atoms with Gasteiger partial charge in [-0.1, -0.05) is 45.9 Å². The standard InChI is InChI=1S/C17H29NO/c1-7-17(5,6)18-12-13-19-15-11-9-8-10-14(15)16(2,3)4/h8-11,18H,7,12-13H2,1-6H3. The van der Waals surface area contributed by atoms with Crippen LogP contribution in [0.2, 0.25) is 0 Å². The van der Waals surface area contributed by atoms with Crippen molar-refractivity contribution in [3.8, 4) is 5.75 Å². The minimum absolute atomic E-state index is 0.118. The van der Waals surface area contributed by atoms with E-state index in [1.807, 2.05) is 6.07 Å². The van der Waals surface area contributed by atoms with Crippen molar-refractivity contribution in [2.45, 2.75) is 58.9 Å². The molecule has 0 amide bonds. The highest BCUT2D eigenvalue weighted by atomic mass is 16.5. The molecule has 0 aliphatic carbocycles. The van der Waals surface area contributed by atoms with Crippen LogP contribution in [-0.2, 0) is 5.41 Å². The smallest absolute Gasteiger partial charge is 0.123 e. The lowest BCUT2D eigenvalue weighted by molar-refractivity contribution is 0.276. The second-order valence-electron chi connectivity index (χ2n) is 6.76. The summed E-state index contributed by atoms with van der Waals surface area (Å²) < 4.78 is 5.94. The van der Waals surface area contributed by atoms with E-state index in [0.29, 0.717) is 6.61 Å². The van der Waals surface area contributed by atoms with Crippen LogP contribution in [0, 0.1) is 0 Å². The summed E-state index contributed by atoms with van der Waals surface area (Å²) in [4.78, 5) is 0. The molecular formula is C17H29NO. The van der Waals surface area contributed by atoms with Crippen LogP contribution >= 0.6 is 0 Å². The van der Waals surface area contributed by atoms with Crippen LogP contribution < -0.4 is 10.1 Å². The van der Waals surface area contributed by atoms with Crippen molar-refractivity contribution < 1.29 is 4.74 Å². The van der Waals surface area contributed by atoms with Crippen LogP contribution in [0.5, 0.6) is 5.75 Å². The van der Waals surface area contributed by atoms with Gasteiger partial charge >= 0.3 is 0 Å². The summed E-state index contributed by atoms with van der Waals surface area (Å²) in [5, 5.41) is 3.51. The van der Waals surface area contributed by atoms with E-state index in [1.165, 1.54) is 5.56 Å². The Morgan fingerprint density at radius 3 is 2.26 bits per heavy atom. The van der Waals surface area contributed by atoms with Crippen molar-refractivity contribution in [3.05, 3.63) is 29.8 Å². The van der Waals surface area contributed by atoms with Gasteiger partial charge in [0.1, 0.15) is 12.4 Å². The Balaban J connectivity index is 2.55. The maximum atomic E-state index is 5.94. The first-order valence-corrected chi connectivity index (χ1v) is 7.23. The van der Waals surface area contributed by atoms with Gasteiger partial charge in [-0.3, -0.25) is 0 Å². The first-order chi connectivity index (χ1) is 8.76. The maximum absolute atomic E-state index is 5.94. The van der Waals surface area contributed by atoms with Crippen molar-refractivity contribution in [1.29, 1.82) is 0 Å². The van der Waals surface area contributed by atoms with Gasteiger partial charge in [-0.15, -0.1) is 0 Å². The molecule has 0 bridgehead atoms. The van der Waals surface area contributed by atoms with Gasteiger partial charge in [0.15, 0.2) is 0 Å². The number of hydrogen-bond acceptors (Lipinski definition) is 2. The summed E-state index contributed by atoms with van der Waals surface area (Å²) in [5.74, 6) is 1.01. The van der Waals surface area contributed by atoms with Crippen molar-refractivity contribution in [1.82, 2.24) is 5.32 Å². The SMILES string of the molecule is CCC(C)(C)NCCOc1ccccc1C(C)(C)C. The van der Waals surface area contributed by atoms with Gasteiger partial charge < -0.3 is 10.1 Å². The first-order valence-electron chi connectivity index (χ1n) is 7.23. The topological polar surface area (TPSA) is 21.3 Å². The fourth-order valence-electron chi connectivity index (χ4n) is 1.89. The van der Waals surface area contributed by atoms with Crippen LogP contribution in [0.25, 0.3) is 0 Å². The van der Waals surface area contributed by atoms with Gasteiger partial charge in [-0.25, -0.2) is 0 Å². The van der Waals surface area contributed by atoms with Gasteiger partial charge in [-0.2, -0.15) is 0 Å². The second kappa shape index (κ2) is 6.42. The van der Waals surface area contributed by atoms with E-state index < -0.39 is 0 Å². The van der Waals surface area contributed by atoms with Crippen LogP contribution in [-0.4, -0.2) is 18.7 Å². The van der Waals surface area contributed by atoms with Crippen LogP contribution in [0.1, 0.15) is 53.5 Å². The van der Waals surface area contributed by atoms with E-state index in [0.717, 1.165) is 18.7 Å². The predicted octanol–water partition coefficient (Wildman–Crippen LogP) is 4.14. The minimum Gasteiger partial charge on any atom is -0.492 e. The maximum Gasteiger partial charge on any atom is 0.123 e. The summed E-state index contributed by atoms with van der Waals surface area (Å²) in [7, 11) is 0. The molecule has 0 unspecified atom stereocenters. The molecule has 0 saturated carbocycles. The minimum atomic E-state index is 0.118. The molecule has 2 heteroatoms. The Labute approximate surface area is 118 Å². The second-order valence-corrected chi connectivity index (χ2v) is 6.76. The number of ether oxygens (including phenoxy) is 1. The fraction of sp³-hybridized carbons (Fsp3) is 0.647. The zero-order chi connectivity index (χ0) is 14.5. The largest absolute Gasteiger partial charge is 0.492 e. The Hall–Kier alpha value is -1.02. The average molecular weight is 263 g/mol. The van der Waals surface area contributed by atoms with Gasteiger partial charge in [-0.05, 0) is 37.3 Å². The lowest BCUT2D eigenvalue weighted by Crippen LogP contribution is -2.40. The van der Waals surface area contributed by atoms with Crippen LogP contribution in [0.15, 0.2) is 24.3 Å². The van der Waals surface area contributed by atoms with Crippen molar-refractivity contribution >= 4 is 0 Å². The van der Waals surface area contributed by atoms with E-state index in [1.54, 1.807) is 0 Å². The molecule has 0 heterocycles. The van der Waals surface area contributed by atoms with Gasteiger partial charge in [0.25, 0.3) is 0 Å². The Morgan fingerprint density at radius 1 is 1.05 bits per heavy atom.